The quantitative estimate of drug-likeness (QED) is 0.598. The molecule has 0 aliphatic carbocycles. The fourth-order valence-corrected chi connectivity index (χ4v) is 1.26. The Morgan fingerprint density at radius 3 is 2.62 bits per heavy atom. The molecule has 1 rings (SSSR count). The van der Waals surface area contributed by atoms with Gasteiger partial charge in [0, 0.05) is 34.1 Å². The summed E-state index contributed by atoms with van der Waals surface area (Å²) in [4.78, 5) is 25.4. The second-order valence-electron chi connectivity index (χ2n) is 3.52. The largest absolute Gasteiger partial charge is 0.344 e. The van der Waals surface area contributed by atoms with Crippen molar-refractivity contribution < 1.29 is 9.59 Å². The van der Waals surface area contributed by atoms with Gasteiger partial charge in [0.2, 0.25) is 5.91 Å². The van der Waals surface area contributed by atoms with Gasteiger partial charge in [-0.2, -0.15) is 0 Å². The van der Waals surface area contributed by atoms with Crippen molar-refractivity contribution in [1.82, 2.24) is 15.1 Å². The number of carbonyl (C=O) groups is 2. The molecule has 1 heterocycles. The molecule has 0 aromatic rings. The highest BCUT2D eigenvalue weighted by Crippen LogP contribution is 2.08. The molecule has 5 nitrogen and oxygen atoms in total. The Labute approximate surface area is 77.7 Å². The number of nitrogens with one attached hydrogen (secondary N) is 1. The van der Waals surface area contributed by atoms with Crippen LogP contribution in [0, 0.1) is 0 Å². The number of hydrogen-bond donors (Lipinski definition) is 1. The maximum atomic E-state index is 11.2. The first-order valence-electron chi connectivity index (χ1n) is 4.22. The van der Waals surface area contributed by atoms with Gasteiger partial charge < -0.3 is 15.1 Å². The molecule has 1 N–H and O–H groups in total. The highest BCUT2D eigenvalue weighted by atomic mass is 16.2. The Balaban J connectivity index is 2.40. The van der Waals surface area contributed by atoms with E-state index in [0.717, 1.165) is 0 Å². The lowest BCUT2D eigenvalue weighted by Gasteiger charge is -2.16. The molecule has 74 valence electrons. The Morgan fingerprint density at radius 2 is 2.23 bits per heavy atom. The molecular formula is C8H15N3O2. The van der Waals surface area contributed by atoms with E-state index >= 15 is 0 Å². The van der Waals surface area contributed by atoms with Gasteiger partial charge in [0.15, 0.2) is 0 Å². The van der Waals surface area contributed by atoms with Crippen molar-refractivity contribution in [3.8, 4) is 0 Å². The smallest absolute Gasteiger partial charge is 0.317 e. The van der Waals surface area contributed by atoms with Crippen molar-refractivity contribution in [2.75, 3.05) is 27.7 Å². The molecule has 1 aliphatic heterocycles. The standard InChI is InChI=1S/C8H15N3O2/c1-10(2)8(13)9-6-4-7(12)11(3)5-6/h6H,4-5H2,1-3H3,(H,9,13). The molecule has 1 saturated heterocycles. The minimum absolute atomic E-state index is 0.0348. The lowest BCUT2D eigenvalue weighted by Crippen LogP contribution is -2.42. The average molecular weight is 185 g/mol. The zero-order valence-electron chi connectivity index (χ0n) is 8.20. The number of rotatable bonds is 1. The number of urea groups is 1. The highest BCUT2D eigenvalue weighted by molar-refractivity contribution is 5.81. The van der Waals surface area contributed by atoms with Gasteiger partial charge in [0.25, 0.3) is 0 Å². The van der Waals surface area contributed by atoms with Gasteiger partial charge in [0.1, 0.15) is 0 Å². The van der Waals surface area contributed by atoms with Crippen LogP contribution < -0.4 is 5.32 Å². The second-order valence-corrected chi connectivity index (χ2v) is 3.52. The third-order valence-electron chi connectivity index (χ3n) is 2.07. The summed E-state index contributed by atoms with van der Waals surface area (Å²) in [5, 5.41) is 2.76. The highest BCUT2D eigenvalue weighted by Gasteiger charge is 2.27. The van der Waals surface area contributed by atoms with E-state index in [1.807, 2.05) is 0 Å². The van der Waals surface area contributed by atoms with Crippen molar-refractivity contribution in [3.63, 3.8) is 0 Å². The van der Waals surface area contributed by atoms with E-state index in [-0.39, 0.29) is 18.0 Å². The summed E-state index contributed by atoms with van der Waals surface area (Å²) in [7, 11) is 5.09. The first-order chi connectivity index (χ1) is 6.00. The van der Waals surface area contributed by atoms with Crippen molar-refractivity contribution in [2.45, 2.75) is 12.5 Å². The van der Waals surface area contributed by atoms with Crippen LogP contribution in [0.5, 0.6) is 0 Å². The Morgan fingerprint density at radius 1 is 1.62 bits per heavy atom. The van der Waals surface area contributed by atoms with Crippen LogP contribution in [-0.2, 0) is 4.79 Å². The molecule has 1 atom stereocenters. The predicted molar refractivity (Wildman–Crippen MR) is 48.3 cm³/mol. The van der Waals surface area contributed by atoms with Crippen LogP contribution >= 0.6 is 0 Å². The summed E-state index contributed by atoms with van der Waals surface area (Å²) in [5.74, 6) is 0.0871. The van der Waals surface area contributed by atoms with Crippen molar-refractivity contribution >= 4 is 11.9 Å². The number of nitrogens with zero attached hydrogens (tertiary/aromatic N) is 2. The Hall–Kier alpha value is -1.26. The minimum atomic E-state index is -0.145. The van der Waals surface area contributed by atoms with Gasteiger partial charge in [0.05, 0.1) is 6.04 Å². The van der Waals surface area contributed by atoms with Crippen LogP contribution in [0.25, 0.3) is 0 Å². The number of hydrogen-bond acceptors (Lipinski definition) is 2. The molecule has 0 radical (unpaired) electrons. The van der Waals surface area contributed by atoms with Gasteiger partial charge >= 0.3 is 6.03 Å². The molecule has 1 aliphatic rings. The van der Waals surface area contributed by atoms with E-state index in [1.165, 1.54) is 4.90 Å². The molecular weight excluding hydrogens is 170 g/mol. The van der Waals surface area contributed by atoms with E-state index in [0.29, 0.717) is 13.0 Å². The Kier molecular flexibility index (Phi) is 2.75. The van der Waals surface area contributed by atoms with Gasteiger partial charge in [-0.15, -0.1) is 0 Å². The normalized spacial score (nSPS) is 21.9. The molecule has 0 bridgehead atoms. The van der Waals surface area contributed by atoms with Crippen LogP contribution in [0.1, 0.15) is 6.42 Å². The molecule has 0 aromatic carbocycles. The van der Waals surface area contributed by atoms with Gasteiger partial charge in [-0.05, 0) is 0 Å². The number of likely N-dealkylation sites (tertiary alicyclic amines) is 1. The van der Waals surface area contributed by atoms with E-state index < -0.39 is 0 Å². The van der Waals surface area contributed by atoms with E-state index in [4.69, 9.17) is 0 Å². The fraction of sp³-hybridized carbons (Fsp3) is 0.750. The molecule has 0 saturated carbocycles. The van der Waals surface area contributed by atoms with Gasteiger partial charge in [-0.1, -0.05) is 0 Å². The second kappa shape index (κ2) is 3.64. The first-order valence-corrected chi connectivity index (χ1v) is 4.22. The maximum absolute atomic E-state index is 11.2. The topological polar surface area (TPSA) is 52.7 Å². The fourth-order valence-electron chi connectivity index (χ4n) is 1.26. The average Bonchev–Trinajstić information content (AvgIpc) is 2.31. The summed E-state index contributed by atoms with van der Waals surface area (Å²) in [6, 6.07) is -0.180. The summed E-state index contributed by atoms with van der Waals surface area (Å²) >= 11 is 0. The molecule has 0 aromatic heterocycles. The van der Waals surface area contributed by atoms with Crippen LogP contribution in [0.3, 0.4) is 0 Å². The summed E-state index contributed by atoms with van der Waals surface area (Å²) in [5.41, 5.74) is 0. The first kappa shape index (κ1) is 9.83. The van der Waals surface area contributed by atoms with E-state index in [1.54, 1.807) is 26.0 Å². The molecule has 0 spiro atoms. The number of carbonyl (C=O) groups excluding carboxylic acids is 2. The third kappa shape index (κ3) is 2.34. The molecule has 3 amide bonds. The minimum Gasteiger partial charge on any atom is -0.344 e. The summed E-state index contributed by atoms with van der Waals surface area (Å²) < 4.78 is 0. The lowest BCUT2D eigenvalue weighted by atomic mass is 10.2. The molecule has 1 fully saturated rings. The van der Waals surface area contributed by atoms with Crippen molar-refractivity contribution in [3.05, 3.63) is 0 Å². The molecule has 13 heavy (non-hydrogen) atoms. The summed E-state index contributed by atoms with van der Waals surface area (Å²) in [6.45, 7) is 0.610. The molecule has 1 unspecified atom stereocenters. The van der Waals surface area contributed by atoms with Crippen LogP contribution in [0.15, 0.2) is 0 Å². The summed E-state index contributed by atoms with van der Waals surface area (Å²) in [6.07, 6.45) is 0.413. The van der Waals surface area contributed by atoms with Crippen LogP contribution in [0.4, 0.5) is 4.79 Å². The Bertz CT molecular complexity index is 227. The maximum Gasteiger partial charge on any atom is 0.317 e. The zero-order chi connectivity index (χ0) is 10.0. The monoisotopic (exact) mass is 185 g/mol. The number of likely N-dealkylation sites (N-methyl/N-ethyl adjacent to an activating group) is 1. The zero-order valence-corrected chi connectivity index (χ0v) is 8.20. The van der Waals surface area contributed by atoms with Crippen LogP contribution in [0.2, 0.25) is 0 Å². The van der Waals surface area contributed by atoms with E-state index in [9.17, 15) is 9.59 Å². The number of amides is 3. The predicted octanol–water partition coefficient (Wildman–Crippen LogP) is -0.512. The van der Waals surface area contributed by atoms with E-state index in [2.05, 4.69) is 5.32 Å². The van der Waals surface area contributed by atoms with Crippen LogP contribution in [-0.4, -0.2) is 55.5 Å². The lowest BCUT2D eigenvalue weighted by molar-refractivity contribution is -0.126. The van der Waals surface area contributed by atoms with Crippen molar-refractivity contribution in [2.24, 2.45) is 0 Å². The van der Waals surface area contributed by atoms with Gasteiger partial charge in [-0.25, -0.2) is 4.79 Å². The van der Waals surface area contributed by atoms with Crippen molar-refractivity contribution in [1.29, 1.82) is 0 Å². The SMILES string of the molecule is CN(C)C(=O)NC1CC(=O)N(C)C1. The van der Waals surface area contributed by atoms with Gasteiger partial charge in [-0.3, -0.25) is 4.79 Å². The molecule has 5 heteroatoms. The third-order valence-corrected chi connectivity index (χ3v) is 2.07.